The molecule has 2 atom stereocenters. The van der Waals surface area contributed by atoms with Crippen molar-refractivity contribution in [1.82, 2.24) is 10.2 Å². The standard InChI is InChI=1S/C22H24ClN3O.ClH/c23-18-9-11-19(12-10-18)25-14-15-26(22(25)27)21(20-8-4-5-13-24-20)16-17-6-2-1-3-7-17;/h1-4,6-12,20-21,24H,5,13-16H2;1H. The highest BCUT2D eigenvalue weighted by molar-refractivity contribution is 6.30. The Hall–Kier alpha value is -2.01. The third kappa shape index (κ3) is 4.52. The summed E-state index contributed by atoms with van der Waals surface area (Å²) in [4.78, 5) is 17.1. The Labute approximate surface area is 177 Å². The van der Waals surface area contributed by atoms with Gasteiger partial charge in [-0.2, -0.15) is 0 Å². The second-order valence-electron chi connectivity index (χ2n) is 7.06. The summed E-state index contributed by atoms with van der Waals surface area (Å²) >= 11 is 6.00. The molecule has 0 aromatic heterocycles. The molecule has 1 N–H and O–H groups in total. The van der Waals surface area contributed by atoms with Gasteiger partial charge in [0.25, 0.3) is 0 Å². The molecule has 2 aromatic carbocycles. The first-order valence-corrected chi connectivity index (χ1v) is 9.88. The highest BCUT2D eigenvalue weighted by atomic mass is 35.5. The lowest BCUT2D eigenvalue weighted by Crippen LogP contribution is -2.52. The molecule has 1 saturated heterocycles. The monoisotopic (exact) mass is 417 g/mol. The summed E-state index contributed by atoms with van der Waals surface area (Å²) in [6, 6.07) is 18.2. The molecule has 0 radical (unpaired) electrons. The van der Waals surface area contributed by atoms with Crippen LogP contribution in [0.3, 0.4) is 0 Å². The summed E-state index contributed by atoms with van der Waals surface area (Å²) < 4.78 is 0. The number of nitrogens with one attached hydrogen (secondary N) is 1. The zero-order chi connectivity index (χ0) is 18.6. The van der Waals surface area contributed by atoms with Crippen molar-refractivity contribution in [3.8, 4) is 0 Å². The Bertz CT molecular complexity index is 810. The number of halogens is 2. The minimum atomic E-state index is 0. The lowest BCUT2D eigenvalue weighted by Gasteiger charge is -2.35. The highest BCUT2D eigenvalue weighted by Gasteiger charge is 2.37. The maximum Gasteiger partial charge on any atom is 0.324 e. The number of hydrogen-bond acceptors (Lipinski definition) is 2. The van der Waals surface area contributed by atoms with E-state index in [-0.39, 0.29) is 30.5 Å². The summed E-state index contributed by atoms with van der Waals surface area (Å²) in [5.41, 5.74) is 2.15. The van der Waals surface area contributed by atoms with Crippen molar-refractivity contribution < 1.29 is 4.79 Å². The van der Waals surface area contributed by atoms with Crippen molar-refractivity contribution in [2.45, 2.75) is 24.9 Å². The van der Waals surface area contributed by atoms with Gasteiger partial charge in [0.05, 0.1) is 6.04 Å². The molecule has 4 rings (SSSR count). The minimum absolute atomic E-state index is 0. The fourth-order valence-electron chi connectivity index (χ4n) is 3.92. The van der Waals surface area contributed by atoms with E-state index in [4.69, 9.17) is 11.6 Å². The number of amides is 2. The second-order valence-corrected chi connectivity index (χ2v) is 7.49. The molecule has 4 nitrogen and oxygen atoms in total. The molecule has 1 fully saturated rings. The van der Waals surface area contributed by atoms with Crippen LogP contribution in [0.25, 0.3) is 0 Å². The molecule has 2 aliphatic rings. The van der Waals surface area contributed by atoms with Crippen LogP contribution in [0.4, 0.5) is 10.5 Å². The number of carbonyl (C=O) groups is 1. The first-order chi connectivity index (χ1) is 13.2. The fourth-order valence-corrected chi connectivity index (χ4v) is 4.04. The normalized spacial score (nSPS) is 20.2. The molecule has 28 heavy (non-hydrogen) atoms. The SMILES string of the molecule is Cl.O=C1N(c2ccc(Cl)cc2)CCN1C(Cc1ccccc1)C1C=CCCN1. The van der Waals surface area contributed by atoms with E-state index < -0.39 is 0 Å². The van der Waals surface area contributed by atoms with Gasteiger partial charge in [0.1, 0.15) is 0 Å². The molecule has 0 aliphatic carbocycles. The average molecular weight is 418 g/mol. The van der Waals surface area contributed by atoms with Crippen LogP contribution in [0.15, 0.2) is 66.7 Å². The Balaban J connectivity index is 0.00000225. The second kappa shape index (κ2) is 9.46. The molecule has 148 valence electrons. The van der Waals surface area contributed by atoms with E-state index in [1.165, 1.54) is 5.56 Å². The Morgan fingerprint density at radius 1 is 1.07 bits per heavy atom. The van der Waals surface area contributed by atoms with Crippen molar-refractivity contribution in [2.75, 3.05) is 24.5 Å². The number of anilines is 1. The van der Waals surface area contributed by atoms with Gasteiger partial charge in [0.2, 0.25) is 0 Å². The van der Waals surface area contributed by atoms with Crippen LogP contribution in [0.1, 0.15) is 12.0 Å². The van der Waals surface area contributed by atoms with Crippen LogP contribution in [0.2, 0.25) is 5.02 Å². The van der Waals surface area contributed by atoms with E-state index in [0.717, 1.165) is 31.6 Å². The molecule has 0 spiro atoms. The molecule has 2 unspecified atom stereocenters. The van der Waals surface area contributed by atoms with E-state index in [2.05, 4.69) is 41.7 Å². The van der Waals surface area contributed by atoms with Gasteiger partial charge in [-0.15, -0.1) is 12.4 Å². The Kier molecular flexibility index (Phi) is 7.00. The maximum atomic E-state index is 13.2. The van der Waals surface area contributed by atoms with E-state index in [9.17, 15) is 4.79 Å². The summed E-state index contributed by atoms with van der Waals surface area (Å²) in [6.07, 6.45) is 6.31. The van der Waals surface area contributed by atoms with Gasteiger partial charge in [0, 0.05) is 29.8 Å². The van der Waals surface area contributed by atoms with Crippen LogP contribution >= 0.6 is 24.0 Å². The first-order valence-electron chi connectivity index (χ1n) is 9.50. The summed E-state index contributed by atoms with van der Waals surface area (Å²) in [6.45, 7) is 2.38. The van der Waals surface area contributed by atoms with Gasteiger partial charge < -0.3 is 10.2 Å². The molecule has 0 bridgehead atoms. The third-order valence-electron chi connectivity index (χ3n) is 5.32. The number of hydrogen-bond donors (Lipinski definition) is 1. The lowest BCUT2D eigenvalue weighted by molar-refractivity contribution is 0.188. The molecule has 2 heterocycles. The first kappa shape index (κ1) is 20.7. The topological polar surface area (TPSA) is 35.6 Å². The highest BCUT2D eigenvalue weighted by Crippen LogP contribution is 2.26. The number of nitrogens with zero attached hydrogens (tertiary/aromatic N) is 2. The van der Waals surface area contributed by atoms with Gasteiger partial charge in [-0.25, -0.2) is 4.79 Å². The third-order valence-corrected chi connectivity index (χ3v) is 5.57. The number of carbonyl (C=O) groups excluding carboxylic acids is 1. The number of urea groups is 1. The van der Waals surface area contributed by atoms with E-state index in [1.807, 2.05) is 40.1 Å². The average Bonchev–Trinajstić information content (AvgIpc) is 3.09. The maximum absolute atomic E-state index is 13.2. The molecule has 2 amide bonds. The molecule has 0 saturated carbocycles. The van der Waals surface area contributed by atoms with Gasteiger partial charge in [-0.1, -0.05) is 54.1 Å². The van der Waals surface area contributed by atoms with Crippen molar-refractivity contribution in [2.24, 2.45) is 0 Å². The predicted molar refractivity (Wildman–Crippen MR) is 118 cm³/mol. The molecule has 6 heteroatoms. The van der Waals surface area contributed by atoms with Crippen LogP contribution in [-0.2, 0) is 6.42 Å². The van der Waals surface area contributed by atoms with Gasteiger partial charge >= 0.3 is 6.03 Å². The van der Waals surface area contributed by atoms with Crippen LogP contribution in [0.5, 0.6) is 0 Å². The van der Waals surface area contributed by atoms with Crippen LogP contribution < -0.4 is 10.2 Å². The zero-order valence-electron chi connectivity index (χ0n) is 15.6. The van der Waals surface area contributed by atoms with Crippen molar-refractivity contribution >= 4 is 35.7 Å². The largest absolute Gasteiger partial charge is 0.324 e. The van der Waals surface area contributed by atoms with Gasteiger partial charge in [-0.3, -0.25) is 4.90 Å². The summed E-state index contributed by atoms with van der Waals surface area (Å²) in [7, 11) is 0. The van der Waals surface area contributed by atoms with Crippen molar-refractivity contribution in [3.05, 3.63) is 77.3 Å². The molecule has 2 aromatic rings. The molecule has 2 aliphatic heterocycles. The van der Waals surface area contributed by atoms with Gasteiger partial charge in [-0.05, 0) is 49.2 Å². The van der Waals surface area contributed by atoms with Crippen molar-refractivity contribution in [3.63, 3.8) is 0 Å². The van der Waals surface area contributed by atoms with E-state index in [1.54, 1.807) is 0 Å². The molecular formula is C22H25Cl2N3O. The Morgan fingerprint density at radius 2 is 1.82 bits per heavy atom. The van der Waals surface area contributed by atoms with Crippen LogP contribution in [-0.4, -0.2) is 42.6 Å². The summed E-state index contributed by atoms with van der Waals surface area (Å²) in [5, 5.41) is 4.26. The number of benzene rings is 2. The predicted octanol–water partition coefficient (Wildman–Crippen LogP) is 4.53. The quantitative estimate of drug-likeness (QED) is 0.725. The summed E-state index contributed by atoms with van der Waals surface area (Å²) in [5.74, 6) is 0. The number of rotatable bonds is 5. The van der Waals surface area contributed by atoms with E-state index in [0.29, 0.717) is 11.6 Å². The van der Waals surface area contributed by atoms with Crippen molar-refractivity contribution in [1.29, 1.82) is 0 Å². The Morgan fingerprint density at radius 3 is 2.50 bits per heavy atom. The zero-order valence-corrected chi connectivity index (χ0v) is 17.2. The fraction of sp³-hybridized carbons (Fsp3) is 0.318. The molecular weight excluding hydrogens is 393 g/mol. The van der Waals surface area contributed by atoms with Crippen LogP contribution in [0, 0.1) is 0 Å². The van der Waals surface area contributed by atoms with Gasteiger partial charge in [0.15, 0.2) is 0 Å². The lowest BCUT2D eigenvalue weighted by atomic mass is 9.96. The minimum Gasteiger partial charge on any atom is -0.317 e. The van der Waals surface area contributed by atoms with E-state index >= 15 is 0 Å². The smallest absolute Gasteiger partial charge is 0.317 e.